The van der Waals surface area contributed by atoms with Gasteiger partial charge in [0.05, 0.1) is 24.2 Å². The van der Waals surface area contributed by atoms with Crippen molar-refractivity contribution in [2.75, 3.05) is 26.1 Å². The van der Waals surface area contributed by atoms with Crippen molar-refractivity contribution in [3.05, 3.63) is 62.7 Å². The molecule has 10 heteroatoms. The van der Waals surface area contributed by atoms with Crippen LogP contribution in [0.5, 0.6) is 5.75 Å². The number of hydrogen-bond donors (Lipinski definition) is 2. The van der Waals surface area contributed by atoms with Crippen LogP contribution in [0.25, 0.3) is 0 Å². The van der Waals surface area contributed by atoms with E-state index in [0.29, 0.717) is 27.6 Å². The minimum atomic E-state index is -0.813. The SMILES string of the molecule is COC(=O)[C@@H](NCCC(=O)Nc1ccc([N+](=O)[O-])cc1C)c1ccc(OC)c(Cl)c1. The predicted molar refractivity (Wildman–Crippen MR) is 112 cm³/mol. The first kappa shape index (κ1) is 23.1. The van der Waals surface area contributed by atoms with Gasteiger partial charge in [0.25, 0.3) is 5.69 Å². The minimum absolute atomic E-state index is 0.0498. The molecule has 0 spiro atoms. The van der Waals surface area contributed by atoms with Gasteiger partial charge in [-0.1, -0.05) is 17.7 Å². The number of rotatable bonds is 9. The van der Waals surface area contributed by atoms with Crippen LogP contribution >= 0.6 is 11.6 Å². The maximum atomic E-state index is 12.2. The summed E-state index contributed by atoms with van der Waals surface area (Å²) in [7, 11) is 2.76. The summed E-state index contributed by atoms with van der Waals surface area (Å²) in [5.74, 6) is -0.361. The Morgan fingerprint density at radius 2 is 1.93 bits per heavy atom. The highest BCUT2D eigenvalue weighted by atomic mass is 35.5. The largest absolute Gasteiger partial charge is 0.495 e. The minimum Gasteiger partial charge on any atom is -0.495 e. The van der Waals surface area contributed by atoms with Crippen molar-refractivity contribution in [1.29, 1.82) is 0 Å². The zero-order valence-corrected chi connectivity index (χ0v) is 17.5. The average Bonchev–Trinajstić information content (AvgIpc) is 2.72. The lowest BCUT2D eigenvalue weighted by molar-refractivity contribution is -0.384. The summed E-state index contributed by atoms with van der Waals surface area (Å²) in [6, 6.07) is 8.28. The molecule has 0 bridgehead atoms. The van der Waals surface area contributed by atoms with Gasteiger partial charge < -0.3 is 20.1 Å². The second-order valence-corrected chi connectivity index (χ2v) is 6.77. The van der Waals surface area contributed by atoms with Gasteiger partial charge in [0.2, 0.25) is 5.91 Å². The number of methoxy groups -OCH3 is 2. The molecule has 0 fully saturated rings. The number of carbonyl (C=O) groups excluding carboxylic acids is 2. The third-order valence-corrected chi connectivity index (χ3v) is 4.64. The fraction of sp³-hybridized carbons (Fsp3) is 0.300. The molecule has 0 saturated heterocycles. The van der Waals surface area contributed by atoms with E-state index in [2.05, 4.69) is 10.6 Å². The topological polar surface area (TPSA) is 120 Å². The number of nitro groups is 1. The molecule has 0 aliphatic heterocycles. The number of aryl methyl sites for hydroxylation is 1. The number of non-ortho nitro benzene ring substituents is 1. The number of hydrogen-bond acceptors (Lipinski definition) is 7. The number of nitrogens with zero attached hydrogens (tertiary/aromatic N) is 1. The first-order valence-electron chi connectivity index (χ1n) is 8.96. The smallest absolute Gasteiger partial charge is 0.327 e. The summed E-state index contributed by atoms with van der Waals surface area (Å²) in [4.78, 5) is 34.7. The van der Waals surface area contributed by atoms with Gasteiger partial charge in [-0.25, -0.2) is 4.79 Å². The lowest BCUT2D eigenvalue weighted by Gasteiger charge is -2.18. The summed E-state index contributed by atoms with van der Waals surface area (Å²) in [6.45, 7) is 1.85. The highest BCUT2D eigenvalue weighted by molar-refractivity contribution is 6.32. The summed E-state index contributed by atoms with van der Waals surface area (Å²) >= 11 is 6.13. The number of amides is 1. The Kier molecular flexibility index (Phi) is 8.14. The first-order chi connectivity index (χ1) is 14.3. The lowest BCUT2D eigenvalue weighted by atomic mass is 10.1. The monoisotopic (exact) mass is 435 g/mol. The molecule has 30 heavy (non-hydrogen) atoms. The molecule has 0 saturated carbocycles. The summed E-state index contributed by atoms with van der Waals surface area (Å²) in [5, 5.41) is 16.8. The van der Waals surface area contributed by atoms with E-state index in [-0.39, 0.29) is 24.6 Å². The summed E-state index contributed by atoms with van der Waals surface area (Å²) in [6.07, 6.45) is 0.0633. The fourth-order valence-corrected chi connectivity index (χ4v) is 3.03. The van der Waals surface area contributed by atoms with Gasteiger partial charge in [-0.15, -0.1) is 0 Å². The molecule has 2 aromatic carbocycles. The van der Waals surface area contributed by atoms with Gasteiger partial charge in [0.1, 0.15) is 11.8 Å². The number of ether oxygens (including phenoxy) is 2. The van der Waals surface area contributed by atoms with E-state index in [9.17, 15) is 19.7 Å². The normalized spacial score (nSPS) is 11.5. The van der Waals surface area contributed by atoms with Gasteiger partial charge in [-0.3, -0.25) is 14.9 Å². The zero-order valence-electron chi connectivity index (χ0n) is 16.7. The molecule has 9 nitrogen and oxygen atoms in total. The molecule has 160 valence electrons. The van der Waals surface area contributed by atoms with Crippen molar-refractivity contribution in [3.8, 4) is 5.75 Å². The lowest BCUT2D eigenvalue weighted by Crippen LogP contribution is -2.32. The molecule has 0 aromatic heterocycles. The Bertz CT molecular complexity index is 950. The van der Waals surface area contributed by atoms with Crippen LogP contribution in [0.4, 0.5) is 11.4 Å². The number of esters is 1. The van der Waals surface area contributed by atoms with E-state index >= 15 is 0 Å². The van der Waals surface area contributed by atoms with Gasteiger partial charge in [0.15, 0.2) is 0 Å². The second-order valence-electron chi connectivity index (χ2n) is 6.36. The molecule has 2 N–H and O–H groups in total. The Hall–Kier alpha value is -3.17. The standard InChI is InChI=1S/C20H22ClN3O6/c1-12-10-14(24(27)28)5-6-16(12)23-18(25)8-9-22-19(20(26)30-3)13-4-7-17(29-2)15(21)11-13/h4-7,10-11,19,22H,8-9H2,1-3H3,(H,23,25)/t19-/m0/s1. The molecule has 0 heterocycles. The van der Waals surface area contributed by atoms with Crippen LogP contribution in [0.3, 0.4) is 0 Å². The Morgan fingerprint density at radius 1 is 1.20 bits per heavy atom. The quantitative estimate of drug-likeness (QED) is 0.352. The van der Waals surface area contributed by atoms with Crippen LogP contribution in [-0.4, -0.2) is 37.6 Å². The van der Waals surface area contributed by atoms with Crippen LogP contribution in [0, 0.1) is 17.0 Å². The van der Waals surface area contributed by atoms with Gasteiger partial charge in [-0.05, 0) is 36.2 Å². The van der Waals surface area contributed by atoms with E-state index in [1.54, 1.807) is 25.1 Å². The van der Waals surface area contributed by atoms with Crippen molar-refractivity contribution in [3.63, 3.8) is 0 Å². The molecule has 2 rings (SSSR count). The fourth-order valence-electron chi connectivity index (χ4n) is 2.76. The van der Waals surface area contributed by atoms with Crippen LogP contribution in [0.15, 0.2) is 36.4 Å². The van der Waals surface area contributed by atoms with Crippen molar-refractivity contribution < 1.29 is 24.0 Å². The molecule has 0 unspecified atom stereocenters. The molecule has 0 aliphatic rings. The Balaban J connectivity index is 1.99. The molecule has 0 radical (unpaired) electrons. The van der Waals surface area contributed by atoms with Gasteiger partial charge in [0, 0.05) is 30.8 Å². The maximum Gasteiger partial charge on any atom is 0.327 e. The van der Waals surface area contributed by atoms with Crippen molar-refractivity contribution >= 4 is 34.9 Å². The van der Waals surface area contributed by atoms with Crippen LogP contribution < -0.4 is 15.4 Å². The van der Waals surface area contributed by atoms with Crippen molar-refractivity contribution in [2.45, 2.75) is 19.4 Å². The van der Waals surface area contributed by atoms with Gasteiger partial charge in [-0.2, -0.15) is 0 Å². The predicted octanol–water partition coefficient (Wildman–Crippen LogP) is 3.40. The molecular formula is C20H22ClN3O6. The Morgan fingerprint density at radius 3 is 2.50 bits per heavy atom. The third kappa shape index (κ3) is 5.91. The number of anilines is 1. The molecule has 0 aliphatic carbocycles. The Labute approximate surface area is 178 Å². The highest BCUT2D eigenvalue weighted by Crippen LogP contribution is 2.28. The van der Waals surface area contributed by atoms with Gasteiger partial charge >= 0.3 is 5.97 Å². The van der Waals surface area contributed by atoms with Crippen LogP contribution in [-0.2, 0) is 14.3 Å². The third-order valence-electron chi connectivity index (χ3n) is 4.34. The van der Waals surface area contributed by atoms with E-state index in [4.69, 9.17) is 21.1 Å². The number of halogens is 1. The summed E-state index contributed by atoms with van der Waals surface area (Å²) < 4.78 is 9.94. The van der Waals surface area contributed by atoms with Crippen LogP contribution in [0.1, 0.15) is 23.6 Å². The van der Waals surface area contributed by atoms with Crippen molar-refractivity contribution in [1.82, 2.24) is 5.32 Å². The molecule has 1 atom stereocenters. The average molecular weight is 436 g/mol. The molecule has 2 aromatic rings. The number of nitrogens with one attached hydrogen (secondary N) is 2. The highest BCUT2D eigenvalue weighted by Gasteiger charge is 2.22. The molecular weight excluding hydrogens is 414 g/mol. The van der Waals surface area contributed by atoms with E-state index in [1.807, 2.05) is 0 Å². The molecule has 1 amide bonds. The maximum absolute atomic E-state index is 12.2. The van der Waals surface area contributed by atoms with Crippen LogP contribution in [0.2, 0.25) is 5.02 Å². The number of nitro benzene ring substituents is 1. The van der Waals surface area contributed by atoms with E-state index < -0.39 is 16.9 Å². The number of carbonyl (C=O) groups is 2. The zero-order chi connectivity index (χ0) is 22.3. The van der Waals surface area contributed by atoms with E-state index in [1.165, 1.54) is 32.4 Å². The van der Waals surface area contributed by atoms with Crippen molar-refractivity contribution in [2.24, 2.45) is 0 Å². The van der Waals surface area contributed by atoms with E-state index in [0.717, 1.165) is 0 Å². The first-order valence-corrected chi connectivity index (χ1v) is 9.34. The second kappa shape index (κ2) is 10.6. The summed E-state index contributed by atoms with van der Waals surface area (Å²) in [5.41, 5.74) is 1.58. The number of benzene rings is 2.